The van der Waals surface area contributed by atoms with Crippen molar-refractivity contribution in [3.63, 3.8) is 0 Å². The molecule has 1 aliphatic heterocycles. The number of hydrogen-bond donors (Lipinski definition) is 1. The first-order chi connectivity index (χ1) is 12.5. The molecule has 1 aromatic heterocycles. The average molecular weight is 356 g/mol. The van der Waals surface area contributed by atoms with Gasteiger partial charge in [-0.05, 0) is 63.1 Å². The summed E-state index contributed by atoms with van der Waals surface area (Å²) in [7, 11) is 0. The van der Waals surface area contributed by atoms with Crippen molar-refractivity contribution < 1.29 is 13.6 Å². The predicted octanol–water partition coefficient (Wildman–Crippen LogP) is 4.25. The Bertz CT molecular complexity index is 768. The van der Waals surface area contributed by atoms with Gasteiger partial charge in [0.15, 0.2) is 5.76 Å². The molecule has 0 spiro atoms. The van der Waals surface area contributed by atoms with Crippen LogP contribution < -0.4 is 5.32 Å². The van der Waals surface area contributed by atoms with Gasteiger partial charge in [0, 0.05) is 31.2 Å². The summed E-state index contributed by atoms with van der Waals surface area (Å²) in [5.74, 6) is 0.360. The molecule has 0 unspecified atom stereocenters. The van der Waals surface area contributed by atoms with Crippen LogP contribution in [-0.2, 0) is 0 Å². The third-order valence-corrected chi connectivity index (χ3v) is 4.64. The summed E-state index contributed by atoms with van der Waals surface area (Å²) >= 11 is 0. The van der Waals surface area contributed by atoms with Gasteiger partial charge in [0.2, 0.25) is 0 Å². The number of benzene rings is 1. The van der Waals surface area contributed by atoms with Crippen LogP contribution in [0.1, 0.15) is 37.2 Å². The summed E-state index contributed by atoms with van der Waals surface area (Å²) in [6.07, 6.45) is 4.11. The summed E-state index contributed by atoms with van der Waals surface area (Å²) in [6, 6.07) is 9.60. The zero-order chi connectivity index (χ0) is 18.5. The summed E-state index contributed by atoms with van der Waals surface area (Å²) in [5, 5.41) is 3.06. The maximum absolute atomic E-state index is 13.0. The molecule has 1 amide bonds. The Morgan fingerprint density at radius 2 is 1.88 bits per heavy atom. The maximum Gasteiger partial charge on any atom is 0.287 e. The van der Waals surface area contributed by atoms with Gasteiger partial charge in [0.1, 0.15) is 11.6 Å². The number of allylic oxidation sites excluding steroid dienone is 1. The van der Waals surface area contributed by atoms with E-state index in [0.717, 1.165) is 38.0 Å². The van der Waals surface area contributed by atoms with Crippen LogP contribution in [0.25, 0.3) is 11.3 Å². The summed E-state index contributed by atoms with van der Waals surface area (Å²) in [6.45, 7) is 7.15. The van der Waals surface area contributed by atoms with Crippen molar-refractivity contribution in [2.24, 2.45) is 0 Å². The molecule has 0 aliphatic carbocycles. The molecule has 0 radical (unpaired) electrons. The van der Waals surface area contributed by atoms with Crippen molar-refractivity contribution in [3.05, 3.63) is 59.6 Å². The summed E-state index contributed by atoms with van der Waals surface area (Å²) < 4.78 is 18.7. The van der Waals surface area contributed by atoms with Crippen LogP contribution in [0.15, 0.2) is 52.5 Å². The van der Waals surface area contributed by atoms with Gasteiger partial charge in [-0.3, -0.25) is 9.69 Å². The van der Waals surface area contributed by atoms with Crippen molar-refractivity contribution in [2.75, 3.05) is 19.6 Å². The predicted molar refractivity (Wildman–Crippen MR) is 100 cm³/mol. The highest BCUT2D eigenvalue weighted by atomic mass is 19.1. The standard InChI is InChI=1S/C21H25FN2O2/c1-15(2)9-12-24-13-10-18(11-14-24)23-21(25)20-8-7-19(26-20)16-3-5-17(22)6-4-16/h3-9,18H,10-14H2,1-2H3,(H,23,25). The number of amides is 1. The molecule has 138 valence electrons. The maximum atomic E-state index is 13.0. The molecule has 1 aliphatic rings. The topological polar surface area (TPSA) is 45.5 Å². The van der Waals surface area contributed by atoms with E-state index >= 15 is 0 Å². The number of furan rings is 1. The normalized spacial score (nSPS) is 15.7. The Kier molecular flexibility index (Phi) is 5.89. The zero-order valence-corrected chi connectivity index (χ0v) is 15.3. The molecule has 0 atom stereocenters. The molecule has 2 aromatic rings. The Labute approximate surface area is 153 Å². The largest absolute Gasteiger partial charge is 0.451 e. The van der Waals surface area contributed by atoms with Crippen LogP contribution in [0.2, 0.25) is 0 Å². The molecular weight excluding hydrogens is 331 g/mol. The van der Waals surface area contributed by atoms with Crippen LogP contribution in [0.3, 0.4) is 0 Å². The molecule has 0 bridgehead atoms. The molecule has 1 N–H and O–H groups in total. The molecule has 1 fully saturated rings. The highest BCUT2D eigenvalue weighted by Crippen LogP contribution is 2.22. The van der Waals surface area contributed by atoms with Crippen molar-refractivity contribution >= 4 is 5.91 Å². The fraction of sp³-hybridized carbons (Fsp3) is 0.381. The minimum absolute atomic E-state index is 0.171. The number of rotatable bonds is 5. The third kappa shape index (κ3) is 4.82. The minimum atomic E-state index is -0.297. The van der Waals surface area contributed by atoms with E-state index in [9.17, 15) is 9.18 Å². The SMILES string of the molecule is CC(C)=CCN1CCC(NC(=O)c2ccc(-c3ccc(F)cc3)o2)CC1. The second kappa shape index (κ2) is 8.32. The van der Waals surface area contributed by atoms with Crippen LogP contribution in [0.5, 0.6) is 0 Å². The van der Waals surface area contributed by atoms with Gasteiger partial charge in [-0.15, -0.1) is 0 Å². The minimum Gasteiger partial charge on any atom is -0.451 e. The van der Waals surface area contributed by atoms with Gasteiger partial charge < -0.3 is 9.73 Å². The first kappa shape index (κ1) is 18.4. The van der Waals surface area contributed by atoms with E-state index < -0.39 is 0 Å². The molecule has 0 saturated carbocycles. The van der Waals surface area contributed by atoms with Crippen molar-refractivity contribution in [2.45, 2.75) is 32.7 Å². The van der Waals surface area contributed by atoms with E-state index in [1.165, 1.54) is 17.7 Å². The fourth-order valence-electron chi connectivity index (χ4n) is 3.06. The highest BCUT2D eigenvalue weighted by Gasteiger charge is 2.22. The summed E-state index contributed by atoms with van der Waals surface area (Å²) in [4.78, 5) is 14.8. The van der Waals surface area contributed by atoms with E-state index in [4.69, 9.17) is 4.42 Å². The number of likely N-dealkylation sites (tertiary alicyclic amines) is 1. The molecule has 3 rings (SSSR count). The Hall–Kier alpha value is -2.40. The van der Waals surface area contributed by atoms with Crippen LogP contribution in [0.4, 0.5) is 4.39 Å². The first-order valence-electron chi connectivity index (χ1n) is 9.03. The van der Waals surface area contributed by atoms with E-state index in [1.807, 2.05) is 0 Å². The molecule has 1 saturated heterocycles. The Morgan fingerprint density at radius 1 is 1.19 bits per heavy atom. The van der Waals surface area contributed by atoms with Crippen molar-refractivity contribution in [1.82, 2.24) is 10.2 Å². The van der Waals surface area contributed by atoms with E-state index in [0.29, 0.717) is 5.76 Å². The Morgan fingerprint density at radius 3 is 2.54 bits per heavy atom. The molecule has 1 aromatic carbocycles. The molecule has 2 heterocycles. The number of hydrogen-bond acceptors (Lipinski definition) is 3. The number of nitrogens with one attached hydrogen (secondary N) is 1. The summed E-state index contributed by atoms with van der Waals surface area (Å²) in [5.41, 5.74) is 2.08. The average Bonchev–Trinajstić information content (AvgIpc) is 3.12. The van der Waals surface area contributed by atoms with Crippen LogP contribution in [-0.4, -0.2) is 36.5 Å². The Balaban J connectivity index is 1.53. The number of carbonyl (C=O) groups is 1. The monoisotopic (exact) mass is 356 g/mol. The van der Waals surface area contributed by atoms with Gasteiger partial charge in [-0.25, -0.2) is 4.39 Å². The molecule has 4 nitrogen and oxygen atoms in total. The lowest BCUT2D eigenvalue weighted by Crippen LogP contribution is -2.44. The molecule has 26 heavy (non-hydrogen) atoms. The fourth-order valence-corrected chi connectivity index (χ4v) is 3.06. The number of piperidine rings is 1. The number of nitrogens with zero attached hydrogens (tertiary/aromatic N) is 1. The second-order valence-corrected chi connectivity index (χ2v) is 7.00. The van der Waals surface area contributed by atoms with Gasteiger partial charge in [0.05, 0.1) is 0 Å². The quantitative estimate of drug-likeness (QED) is 0.815. The van der Waals surface area contributed by atoms with Crippen LogP contribution in [0, 0.1) is 5.82 Å². The van der Waals surface area contributed by atoms with Gasteiger partial charge in [-0.1, -0.05) is 11.6 Å². The zero-order valence-electron chi connectivity index (χ0n) is 15.3. The number of halogens is 1. The molecular formula is C21H25FN2O2. The lowest BCUT2D eigenvalue weighted by molar-refractivity contribution is 0.0887. The van der Waals surface area contributed by atoms with Gasteiger partial charge in [-0.2, -0.15) is 0 Å². The van der Waals surface area contributed by atoms with E-state index in [-0.39, 0.29) is 23.5 Å². The third-order valence-electron chi connectivity index (χ3n) is 4.64. The lowest BCUT2D eigenvalue weighted by atomic mass is 10.0. The number of carbonyl (C=O) groups excluding carboxylic acids is 1. The van der Waals surface area contributed by atoms with Crippen molar-refractivity contribution in [3.8, 4) is 11.3 Å². The highest BCUT2D eigenvalue weighted by molar-refractivity contribution is 5.92. The van der Waals surface area contributed by atoms with Crippen LogP contribution >= 0.6 is 0 Å². The van der Waals surface area contributed by atoms with E-state index in [1.54, 1.807) is 24.3 Å². The van der Waals surface area contributed by atoms with Gasteiger partial charge >= 0.3 is 0 Å². The lowest BCUT2D eigenvalue weighted by Gasteiger charge is -2.31. The van der Waals surface area contributed by atoms with Gasteiger partial charge in [0.25, 0.3) is 5.91 Å². The van der Waals surface area contributed by atoms with E-state index in [2.05, 4.69) is 30.1 Å². The molecule has 5 heteroatoms. The van der Waals surface area contributed by atoms with Crippen molar-refractivity contribution in [1.29, 1.82) is 0 Å². The first-order valence-corrected chi connectivity index (χ1v) is 9.03. The second-order valence-electron chi connectivity index (χ2n) is 7.00. The smallest absolute Gasteiger partial charge is 0.287 e.